The molecule has 0 heterocycles. The van der Waals surface area contributed by atoms with Crippen LogP contribution in [0.25, 0.3) is 0 Å². The first-order valence-electron chi connectivity index (χ1n) is 4.38. The van der Waals surface area contributed by atoms with Gasteiger partial charge in [-0.25, -0.2) is 0 Å². The second-order valence-corrected chi connectivity index (χ2v) is 4.03. The van der Waals surface area contributed by atoms with E-state index < -0.39 is 0 Å². The van der Waals surface area contributed by atoms with Gasteiger partial charge >= 0.3 is 0 Å². The monoisotopic (exact) mass is 259 g/mol. The van der Waals surface area contributed by atoms with Crippen molar-refractivity contribution in [2.75, 3.05) is 19.0 Å². The van der Waals surface area contributed by atoms with Crippen LogP contribution in [0.5, 0.6) is 5.75 Å². The molecule has 1 aromatic carbocycles. The van der Waals surface area contributed by atoms with E-state index in [-0.39, 0.29) is 6.10 Å². The van der Waals surface area contributed by atoms with Gasteiger partial charge in [-0.1, -0.05) is 15.9 Å². The largest absolute Gasteiger partial charge is 0.497 e. The lowest BCUT2D eigenvalue weighted by Gasteiger charge is -2.10. The van der Waals surface area contributed by atoms with Crippen molar-refractivity contribution in [3.8, 4) is 5.75 Å². The second kappa shape index (κ2) is 5.22. The van der Waals surface area contributed by atoms with E-state index in [9.17, 15) is 0 Å². The Morgan fingerprint density at radius 3 is 2.79 bits per heavy atom. The van der Waals surface area contributed by atoms with Crippen molar-refractivity contribution in [3.63, 3.8) is 0 Å². The topological polar surface area (TPSA) is 41.5 Å². The van der Waals surface area contributed by atoms with E-state index in [1.165, 1.54) is 0 Å². The summed E-state index contributed by atoms with van der Waals surface area (Å²) in [5.41, 5.74) is 0.928. The average molecular weight is 260 g/mol. The number of halogens is 1. The van der Waals surface area contributed by atoms with Gasteiger partial charge in [0.25, 0.3) is 0 Å². The molecule has 0 spiro atoms. The van der Waals surface area contributed by atoms with Gasteiger partial charge in [-0.3, -0.25) is 0 Å². The number of anilines is 1. The Morgan fingerprint density at radius 2 is 2.21 bits per heavy atom. The number of aliphatic hydroxyl groups excluding tert-OH is 1. The zero-order chi connectivity index (χ0) is 10.6. The van der Waals surface area contributed by atoms with E-state index in [0.29, 0.717) is 6.54 Å². The van der Waals surface area contributed by atoms with E-state index in [2.05, 4.69) is 21.2 Å². The van der Waals surface area contributed by atoms with Crippen LogP contribution >= 0.6 is 15.9 Å². The molecule has 2 N–H and O–H groups in total. The number of methoxy groups -OCH3 is 1. The molecule has 1 aromatic rings. The molecule has 1 atom stereocenters. The summed E-state index contributed by atoms with van der Waals surface area (Å²) in [5, 5.41) is 12.2. The molecule has 3 nitrogen and oxygen atoms in total. The van der Waals surface area contributed by atoms with Crippen molar-refractivity contribution in [2.24, 2.45) is 0 Å². The standard InChI is InChI=1S/C10H14BrNO2/c1-7(13)6-12-9-3-8(11)4-10(5-9)14-2/h3-5,7,12-13H,6H2,1-2H3. The fourth-order valence-electron chi connectivity index (χ4n) is 1.05. The van der Waals surface area contributed by atoms with Crippen molar-refractivity contribution in [2.45, 2.75) is 13.0 Å². The Labute approximate surface area is 92.2 Å². The highest BCUT2D eigenvalue weighted by Gasteiger charge is 2.00. The maximum absolute atomic E-state index is 9.10. The Kier molecular flexibility index (Phi) is 4.22. The number of benzene rings is 1. The Balaban J connectivity index is 2.71. The summed E-state index contributed by atoms with van der Waals surface area (Å²) in [6.07, 6.45) is -0.361. The lowest BCUT2D eigenvalue weighted by atomic mass is 10.3. The molecule has 0 saturated heterocycles. The van der Waals surface area contributed by atoms with E-state index in [4.69, 9.17) is 9.84 Å². The molecule has 0 bridgehead atoms. The molecule has 78 valence electrons. The third kappa shape index (κ3) is 3.55. The maximum Gasteiger partial charge on any atom is 0.122 e. The van der Waals surface area contributed by atoms with Crippen molar-refractivity contribution >= 4 is 21.6 Å². The van der Waals surface area contributed by atoms with Gasteiger partial charge in [0.05, 0.1) is 13.2 Å². The van der Waals surface area contributed by atoms with E-state index in [0.717, 1.165) is 15.9 Å². The lowest BCUT2D eigenvalue weighted by Crippen LogP contribution is -2.15. The highest BCUT2D eigenvalue weighted by molar-refractivity contribution is 9.10. The van der Waals surface area contributed by atoms with Crippen LogP contribution in [0.3, 0.4) is 0 Å². The number of hydrogen-bond donors (Lipinski definition) is 2. The zero-order valence-corrected chi connectivity index (χ0v) is 9.84. The summed E-state index contributed by atoms with van der Waals surface area (Å²) in [7, 11) is 1.63. The fraction of sp³-hybridized carbons (Fsp3) is 0.400. The van der Waals surface area contributed by atoms with Crippen molar-refractivity contribution in [1.82, 2.24) is 0 Å². The summed E-state index contributed by atoms with van der Waals surface area (Å²) in [6.45, 7) is 2.27. The lowest BCUT2D eigenvalue weighted by molar-refractivity contribution is 0.208. The number of hydrogen-bond acceptors (Lipinski definition) is 3. The molecule has 0 aliphatic carbocycles. The van der Waals surface area contributed by atoms with Crippen molar-refractivity contribution < 1.29 is 9.84 Å². The van der Waals surface area contributed by atoms with Gasteiger partial charge in [0.1, 0.15) is 5.75 Å². The van der Waals surface area contributed by atoms with Crippen LogP contribution in [0.15, 0.2) is 22.7 Å². The summed E-state index contributed by atoms with van der Waals surface area (Å²) >= 11 is 3.38. The average Bonchev–Trinajstić information content (AvgIpc) is 2.14. The number of ether oxygens (including phenoxy) is 1. The summed E-state index contributed by atoms with van der Waals surface area (Å²) in [4.78, 5) is 0. The molecule has 0 radical (unpaired) electrons. The molecule has 0 amide bonds. The fourth-order valence-corrected chi connectivity index (χ4v) is 1.52. The number of rotatable bonds is 4. The maximum atomic E-state index is 9.10. The van der Waals surface area contributed by atoms with Crippen LogP contribution in [0.2, 0.25) is 0 Å². The molecule has 0 aliphatic rings. The van der Waals surface area contributed by atoms with Gasteiger partial charge in [0.2, 0.25) is 0 Å². The minimum atomic E-state index is -0.361. The Morgan fingerprint density at radius 1 is 1.50 bits per heavy atom. The third-order valence-electron chi connectivity index (χ3n) is 1.71. The predicted octanol–water partition coefficient (Wildman–Crippen LogP) is 2.25. The van der Waals surface area contributed by atoms with E-state index in [1.807, 2.05) is 18.2 Å². The normalized spacial score (nSPS) is 12.3. The van der Waals surface area contributed by atoms with Gasteiger partial charge in [-0.2, -0.15) is 0 Å². The Hall–Kier alpha value is -0.740. The third-order valence-corrected chi connectivity index (χ3v) is 2.17. The summed E-state index contributed by atoms with van der Waals surface area (Å²) < 4.78 is 6.06. The van der Waals surface area contributed by atoms with E-state index >= 15 is 0 Å². The molecule has 1 unspecified atom stereocenters. The highest BCUT2D eigenvalue weighted by atomic mass is 79.9. The smallest absolute Gasteiger partial charge is 0.122 e. The van der Waals surface area contributed by atoms with Crippen LogP contribution in [0, 0.1) is 0 Å². The molecule has 0 fully saturated rings. The first-order chi connectivity index (χ1) is 6.61. The van der Waals surface area contributed by atoms with Crippen LogP contribution in [0.4, 0.5) is 5.69 Å². The van der Waals surface area contributed by atoms with Crippen LogP contribution in [-0.4, -0.2) is 24.9 Å². The quantitative estimate of drug-likeness (QED) is 0.872. The van der Waals surface area contributed by atoms with Crippen molar-refractivity contribution in [3.05, 3.63) is 22.7 Å². The minimum Gasteiger partial charge on any atom is -0.497 e. The summed E-state index contributed by atoms with van der Waals surface area (Å²) in [5.74, 6) is 0.785. The second-order valence-electron chi connectivity index (χ2n) is 3.11. The van der Waals surface area contributed by atoms with E-state index in [1.54, 1.807) is 14.0 Å². The molecule has 14 heavy (non-hydrogen) atoms. The van der Waals surface area contributed by atoms with Gasteiger partial charge in [-0.15, -0.1) is 0 Å². The molecule has 0 saturated carbocycles. The van der Waals surface area contributed by atoms with Crippen LogP contribution in [0.1, 0.15) is 6.92 Å². The molecular formula is C10H14BrNO2. The van der Waals surface area contributed by atoms with Gasteiger partial charge in [-0.05, 0) is 19.1 Å². The van der Waals surface area contributed by atoms with Crippen LogP contribution in [-0.2, 0) is 0 Å². The molecule has 0 aromatic heterocycles. The zero-order valence-electron chi connectivity index (χ0n) is 8.25. The molecular weight excluding hydrogens is 246 g/mol. The first-order valence-corrected chi connectivity index (χ1v) is 5.17. The predicted molar refractivity (Wildman–Crippen MR) is 60.9 cm³/mol. The van der Waals surface area contributed by atoms with Crippen molar-refractivity contribution in [1.29, 1.82) is 0 Å². The summed E-state index contributed by atoms with van der Waals surface area (Å²) in [6, 6.07) is 5.70. The SMILES string of the molecule is COc1cc(Br)cc(NCC(C)O)c1. The van der Waals surface area contributed by atoms with Gasteiger partial charge < -0.3 is 15.2 Å². The first kappa shape index (κ1) is 11.3. The van der Waals surface area contributed by atoms with Crippen LogP contribution < -0.4 is 10.1 Å². The number of nitrogens with one attached hydrogen (secondary N) is 1. The number of aliphatic hydroxyl groups is 1. The molecule has 1 rings (SSSR count). The van der Waals surface area contributed by atoms with Gasteiger partial charge in [0.15, 0.2) is 0 Å². The van der Waals surface area contributed by atoms with Gasteiger partial charge in [0, 0.05) is 22.8 Å². The minimum absolute atomic E-state index is 0.361. The molecule has 0 aliphatic heterocycles. The highest BCUT2D eigenvalue weighted by Crippen LogP contribution is 2.24. The molecule has 4 heteroatoms. The Bertz CT molecular complexity index is 302.